The van der Waals surface area contributed by atoms with Crippen LogP contribution in [0.25, 0.3) is 11.1 Å². The van der Waals surface area contributed by atoms with Crippen LogP contribution < -0.4 is 25.0 Å². The molecule has 1 aliphatic carbocycles. The molecule has 2 aromatic carbocycles. The Kier molecular flexibility index (Phi) is 8.80. The Bertz CT molecular complexity index is 1180. The number of fused-ring (bicyclic) bond motifs is 3. The number of esters is 1. The monoisotopic (exact) mass is 500 g/mol. The summed E-state index contributed by atoms with van der Waals surface area (Å²) in [5.41, 5.74) is 2.98. The molecule has 0 unspecified atom stereocenters. The van der Waals surface area contributed by atoms with Crippen LogP contribution in [0.1, 0.15) is 36.9 Å². The number of carbonyl (C=O) groups excluding carboxylic acids is 2. The molecule has 1 aliphatic rings. The van der Waals surface area contributed by atoms with Gasteiger partial charge in [0.2, 0.25) is 11.7 Å². The van der Waals surface area contributed by atoms with Gasteiger partial charge in [0, 0.05) is 19.0 Å². The van der Waals surface area contributed by atoms with Crippen LogP contribution in [0.15, 0.2) is 34.0 Å². The van der Waals surface area contributed by atoms with Gasteiger partial charge >= 0.3 is 5.97 Å². The van der Waals surface area contributed by atoms with Gasteiger partial charge in [-0.3, -0.25) is 14.4 Å². The van der Waals surface area contributed by atoms with Crippen LogP contribution in [-0.2, 0) is 16.0 Å². The van der Waals surface area contributed by atoms with Gasteiger partial charge in [-0.25, -0.2) is 0 Å². The van der Waals surface area contributed by atoms with Gasteiger partial charge in [0.1, 0.15) is 0 Å². The van der Waals surface area contributed by atoms with Crippen molar-refractivity contribution in [1.29, 1.82) is 0 Å². The molecule has 0 fully saturated rings. The molecule has 1 atom stereocenters. The molecule has 0 heterocycles. The molecule has 0 spiro atoms. The molecule has 2 aromatic rings. The number of nitrogens with one attached hydrogen (secondary N) is 1. The number of benzene rings is 1. The fraction of sp³-hybridized carbons (Fsp3) is 0.423. The SMILES string of the molecule is COc1c(OC(=O)CCN(C)C)cc2c(c1OC)-c1ccc(SC)c(=O)cc1[C@@H](NC(C)=O)CC2. The minimum absolute atomic E-state index is 0.116. The maximum absolute atomic E-state index is 12.9. The summed E-state index contributed by atoms with van der Waals surface area (Å²) in [5, 5.41) is 2.98. The third-order valence-electron chi connectivity index (χ3n) is 5.87. The van der Waals surface area contributed by atoms with E-state index in [9.17, 15) is 14.4 Å². The van der Waals surface area contributed by atoms with Gasteiger partial charge in [0.05, 0.1) is 31.6 Å². The van der Waals surface area contributed by atoms with Crippen molar-refractivity contribution in [3.05, 3.63) is 45.6 Å². The fourth-order valence-corrected chi connectivity index (χ4v) is 4.74. The van der Waals surface area contributed by atoms with Gasteiger partial charge in [-0.1, -0.05) is 6.07 Å². The normalized spacial score (nSPS) is 14.4. The average Bonchev–Trinajstić information content (AvgIpc) is 3.05. The van der Waals surface area contributed by atoms with Crippen molar-refractivity contribution in [2.75, 3.05) is 41.1 Å². The average molecular weight is 501 g/mol. The summed E-state index contributed by atoms with van der Waals surface area (Å²) in [7, 11) is 6.79. The van der Waals surface area contributed by atoms with Crippen LogP contribution in [0.5, 0.6) is 17.2 Å². The van der Waals surface area contributed by atoms with Gasteiger partial charge in [0.15, 0.2) is 16.9 Å². The number of amides is 1. The van der Waals surface area contributed by atoms with Crippen LogP contribution in [-0.4, -0.2) is 57.9 Å². The Labute approximate surface area is 209 Å². The number of aryl methyl sites for hydroxylation is 1. The van der Waals surface area contributed by atoms with Crippen molar-refractivity contribution in [3.63, 3.8) is 0 Å². The molecule has 0 saturated heterocycles. The van der Waals surface area contributed by atoms with Gasteiger partial charge in [-0.2, -0.15) is 0 Å². The van der Waals surface area contributed by atoms with Crippen molar-refractivity contribution in [2.24, 2.45) is 0 Å². The minimum atomic E-state index is -0.379. The van der Waals surface area contributed by atoms with Crippen molar-refractivity contribution >= 4 is 23.6 Å². The second-order valence-corrected chi connectivity index (χ2v) is 9.42. The molecule has 0 saturated carbocycles. The lowest BCUT2D eigenvalue weighted by atomic mass is 9.95. The van der Waals surface area contributed by atoms with E-state index in [-0.39, 0.29) is 35.5 Å². The van der Waals surface area contributed by atoms with Gasteiger partial charge in [0.25, 0.3) is 0 Å². The van der Waals surface area contributed by atoms with Crippen LogP contribution in [0.3, 0.4) is 0 Å². The Balaban J connectivity index is 2.25. The molecule has 0 aliphatic heterocycles. The standard InChI is InChI=1S/C26H32N2O6S/c1-15(29)27-19-9-7-16-13-21(34-23(31)11-12-28(2)3)25(32-4)26(33-5)24(16)17-8-10-22(35-6)20(30)14-18(17)19/h8,10,13-14,19H,7,9,11-12H2,1-6H3,(H,27,29)/t19-/m0/s1. The van der Waals surface area contributed by atoms with E-state index in [0.717, 1.165) is 16.7 Å². The number of nitrogens with zero attached hydrogens (tertiary/aromatic N) is 1. The number of thioether (sulfide) groups is 1. The Morgan fingerprint density at radius 1 is 1.14 bits per heavy atom. The summed E-state index contributed by atoms with van der Waals surface area (Å²) in [6.07, 6.45) is 3.19. The van der Waals surface area contributed by atoms with Crippen LogP contribution in [0, 0.1) is 0 Å². The maximum atomic E-state index is 12.9. The third kappa shape index (κ3) is 5.97. The van der Waals surface area contributed by atoms with Crippen molar-refractivity contribution < 1.29 is 23.8 Å². The largest absolute Gasteiger partial charge is 0.492 e. The summed E-state index contributed by atoms with van der Waals surface area (Å²) in [4.78, 5) is 39.9. The summed E-state index contributed by atoms with van der Waals surface area (Å²) in [5.74, 6) is 0.426. The van der Waals surface area contributed by atoms with Gasteiger partial charge in [-0.05, 0) is 68.1 Å². The molecule has 1 N–H and O–H groups in total. The van der Waals surface area contributed by atoms with E-state index in [2.05, 4.69) is 5.32 Å². The van der Waals surface area contributed by atoms with Crippen LogP contribution in [0.2, 0.25) is 0 Å². The van der Waals surface area contributed by atoms with E-state index in [0.29, 0.717) is 41.3 Å². The summed E-state index contributed by atoms with van der Waals surface area (Å²) < 4.78 is 17.2. The maximum Gasteiger partial charge on any atom is 0.312 e. The second-order valence-electron chi connectivity index (χ2n) is 8.57. The van der Waals surface area contributed by atoms with Gasteiger partial charge in [-0.15, -0.1) is 11.8 Å². The van der Waals surface area contributed by atoms with Gasteiger partial charge < -0.3 is 24.4 Å². The molecule has 8 nitrogen and oxygen atoms in total. The zero-order chi connectivity index (χ0) is 25.7. The molecule has 188 valence electrons. The van der Waals surface area contributed by atoms with Crippen molar-refractivity contribution in [1.82, 2.24) is 10.2 Å². The molecule has 9 heteroatoms. The topological polar surface area (TPSA) is 94.2 Å². The number of carbonyl (C=O) groups is 2. The first kappa shape index (κ1) is 26.6. The highest BCUT2D eigenvalue weighted by molar-refractivity contribution is 7.98. The van der Waals surface area contributed by atoms with Crippen LogP contribution in [0.4, 0.5) is 0 Å². The van der Waals surface area contributed by atoms with E-state index in [1.807, 2.05) is 31.3 Å². The number of hydrogen-bond acceptors (Lipinski definition) is 8. The lowest BCUT2D eigenvalue weighted by Crippen LogP contribution is -2.26. The van der Waals surface area contributed by atoms with Crippen molar-refractivity contribution in [2.45, 2.75) is 37.1 Å². The van der Waals surface area contributed by atoms with E-state index in [4.69, 9.17) is 14.2 Å². The summed E-state index contributed by atoms with van der Waals surface area (Å²) >= 11 is 1.37. The van der Waals surface area contributed by atoms with E-state index >= 15 is 0 Å². The molecule has 1 amide bonds. The highest BCUT2D eigenvalue weighted by Gasteiger charge is 2.30. The lowest BCUT2D eigenvalue weighted by molar-refractivity contribution is -0.134. The quantitative estimate of drug-likeness (QED) is 0.335. The number of ether oxygens (including phenoxy) is 3. The number of methoxy groups -OCH3 is 2. The first-order valence-corrected chi connectivity index (χ1v) is 12.6. The molecule has 35 heavy (non-hydrogen) atoms. The smallest absolute Gasteiger partial charge is 0.312 e. The highest BCUT2D eigenvalue weighted by Crippen LogP contribution is 2.50. The minimum Gasteiger partial charge on any atom is -0.492 e. The van der Waals surface area contributed by atoms with E-state index < -0.39 is 0 Å². The van der Waals surface area contributed by atoms with Crippen molar-refractivity contribution in [3.8, 4) is 28.4 Å². The zero-order valence-electron chi connectivity index (χ0n) is 21.0. The number of hydrogen-bond donors (Lipinski definition) is 1. The first-order valence-electron chi connectivity index (χ1n) is 11.3. The summed E-state index contributed by atoms with van der Waals surface area (Å²) in [6.45, 7) is 2.02. The fourth-order valence-electron chi connectivity index (χ4n) is 4.27. The molecular formula is C26H32N2O6S. The first-order chi connectivity index (χ1) is 16.7. The predicted octanol–water partition coefficient (Wildman–Crippen LogP) is 3.43. The Hall–Kier alpha value is -3.04. The third-order valence-corrected chi connectivity index (χ3v) is 6.64. The molecular weight excluding hydrogens is 468 g/mol. The Morgan fingerprint density at radius 3 is 2.46 bits per heavy atom. The lowest BCUT2D eigenvalue weighted by Gasteiger charge is -2.20. The van der Waals surface area contributed by atoms with E-state index in [1.54, 1.807) is 18.2 Å². The predicted molar refractivity (Wildman–Crippen MR) is 137 cm³/mol. The molecule has 0 radical (unpaired) electrons. The highest BCUT2D eigenvalue weighted by atomic mass is 32.2. The Morgan fingerprint density at radius 2 is 1.86 bits per heavy atom. The van der Waals surface area contributed by atoms with E-state index in [1.165, 1.54) is 32.9 Å². The summed E-state index contributed by atoms with van der Waals surface area (Å²) in [6, 6.07) is 6.69. The number of rotatable bonds is 8. The molecule has 0 aromatic heterocycles. The second kappa shape index (κ2) is 11.6. The molecule has 3 rings (SSSR count). The van der Waals surface area contributed by atoms with Crippen LogP contribution >= 0.6 is 11.8 Å². The molecule has 0 bridgehead atoms. The zero-order valence-corrected chi connectivity index (χ0v) is 21.8.